The molecule has 0 aromatic heterocycles. The van der Waals surface area contributed by atoms with Gasteiger partial charge in [0.15, 0.2) is 0 Å². The number of nitrogen functional groups attached to an aromatic ring is 1. The fraction of sp³-hybridized carbons (Fsp3) is 0.500. The molecule has 0 spiro atoms. The molecule has 116 valence electrons. The van der Waals surface area contributed by atoms with Gasteiger partial charge >= 0.3 is 6.18 Å². The number of rotatable bonds is 4. The van der Waals surface area contributed by atoms with Gasteiger partial charge in [-0.05, 0) is 45.0 Å². The Kier molecular flexibility index (Phi) is 4.13. The number of anilines is 2. The van der Waals surface area contributed by atoms with Crippen LogP contribution in [0.2, 0.25) is 0 Å². The fourth-order valence-corrected chi connectivity index (χ4v) is 2.11. The lowest BCUT2D eigenvalue weighted by Crippen LogP contribution is -2.40. The second-order valence-electron chi connectivity index (χ2n) is 5.36. The second kappa shape index (κ2) is 5.55. The molecule has 3 N–H and O–H groups in total. The van der Waals surface area contributed by atoms with Crippen molar-refractivity contribution in [3.63, 3.8) is 0 Å². The van der Waals surface area contributed by atoms with E-state index in [4.69, 9.17) is 5.73 Å². The van der Waals surface area contributed by atoms with Gasteiger partial charge in [0.05, 0.1) is 11.6 Å². The Bertz CT molecular complexity index is 541. The largest absolute Gasteiger partial charge is 0.418 e. The molecule has 21 heavy (non-hydrogen) atoms. The molecule has 7 heteroatoms. The van der Waals surface area contributed by atoms with E-state index in [-0.39, 0.29) is 17.3 Å². The Hall–Kier alpha value is -1.76. The number of nitrogens with two attached hydrogens (primary N) is 1. The lowest BCUT2D eigenvalue weighted by atomic mass is 10.1. The van der Waals surface area contributed by atoms with Crippen LogP contribution in [0.5, 0.6) is 0 Å². The summed E-state index contributed by atoms with van der Waals surface area (Å²) in [6, 6.07) is 3.36. The first kappa shape index (κ1) is 15.6. The third kappa shape index (κ3) is 3.66. The summed E-state index contributed by atoms with van der Waals surface area (Å²) in [5, 5.41) is 2.51. The molecule has 1 fully saturated rings. The number of likely N-dealkylation sites (N-methyl/N-ethyl adjacent to an activating group) is 1. The quantitative estimate of drug-likeness (QED) is 0.841. The van der Waals surface area contributed by atoms with Gasteiger partial charge in [0.1, 0.15) is 0 Å². The number of hydrogen-bond donors (Lipinski definition) is 2. The van der Waals surface area contributed by atoms with Crippen LogP contribution < -0.4 is 11.1 Å². The van der Waals surface area contributed by atoms with Crippen molar-refractivity contribution in [2.24, 2.45) is 0 Å². The number of amides is 1. The summed E-state index contributed by atoms with van der Waals surface area (Å²) in [6.45, 7) is 1.73. The van der Waals surface area contributed by atoms with Crippen molar-refractivity contribution in [3.8, 4) is 0 Å². The Balaban J connectivity index is 2.10. The van der Waals surface area contributed by atoms with Crippen LogP contribution in [-0.4, -0.2) is 29.9 Å². The van der Waals surface area contributed by atoms with Gasteiger partial charge in [-0.2, -0.15) is 13.2 Å². The second-order valence-corrected chi connectivity index (χ2v) is 5.36. The number of nitrogens with one attached hydrogen (secondary N) is 1. The number of benzene rings is 1. The summed E-state index contributed by atoms with van der Waals surface area (Å²) < 4.78 is 38.3. The van der Waals surface area contributed by atoms with E-state index in [0.29, 0.717) is 6.04 Å². The van der Waals surface area contributed by atoms with Gasteiger partial charge in [-0.3, -0.25) is 9.69 Å². The van der Waals surface area contributed by atoms with Crippen LogP contribution in [0, 0.1) is 0 Å². The minimum atomic E-state index is -4.54. The maximum absolute atomic E-state index is 12.8. The summed E-state index contributed by atoms with van der Waals surface area (Å²) >= 11 is 0. The van der Waals surface area contributed by atoms with E-state index in [0.717, 1.165) is 25.0 Å². The molecular weight excluding hydrogens is 283 g/mol. The number of nitrogens with zero attached hydrogens (tertiary/aromatic N) is 1. The van der Waals surface area contributed by atoms with Crippen LogP contribution in [0.1, 0.15) is 25.3 Å². The number of carbonyl (C=O) groups is 1. The first-order valence-corrected chi connectivity index (χ1v) is 6.69. The van der Waals surface area contributed by atoms with E-state index in [1.807, 2.05) is 11.9 Å². The first-order valence-electron chi connectivity index (χ1n) is 6.69. The van der Waals surface area contributed by atoms with Crippen molar-refractivity contribution in [2.75, 3.05) is 18.1 Å². The molecule has 0 bridgehead atoms. The van der Waals surface area contributed by atoms with Gasteiger partial charge in [0.25, 0.3) is 0 Å². The summed E-state index contributed by atoms with van der Waals surface area (Å²) in [5.41, 5.74) is 4.12. The molecule has 1 aliphatic rings. The number of alkyl halides is 3. The molecule has 0 heterocycles. The number of halogens is 3. The van der Waals surface area contributed by atoms with Crippen LogP contribution in [0.3, 0.4) is 0 Å². The normalized spacial score (nSPS) is 16.9. The summed E-state index contributed by atoms with van der Waals surface area (Å²) in [4.78, 5) is 14.0. The molecule has 1 amide bonds. The minimum Gasteiger partial charge on any atom is -0.398 e. The molecule has 2 rings (SSSR count). The average molecular weight is 301 g/mol. The molecule has 1 aromatic carbocycles. The van der Waals surface area contributed by atoms with E-state index >= 15 is 0 Å². The van der Waals surface area contributed by atoms with Crippen molar-refractivity contribution in [2.45, 2.75) is 38.0 Å². The van der Waals surface area contributed by atoms with E-state index in [2.05, 4.69) is 5.32 Å². The zero-order chi connectivity index (χ0) is 15.8. The van der Waals surface area contributed by atoms with Gasteiger partial charge in [0.2, 0.25) is 5.91 Å². The SMILES string of the molecule is CC(C(=O)Nc1ccc(N)c(C(F)(F)F)c1)N(C)C1CC1. The standard InChI is InChI=1S/C14H18F3N3O/c1-8(20(2)10-4-5-10)13(21)19-9-3-6-12(18)11(7-9)14(15,16)17/h3,6-8,10H,4-5,18H2,1-2H3,(H,19,21). The maximum Gasteiger partial charge on any atom is 0.418 e. The predicted octanol–water partition coefficient (Wildman–Crippen LogP) is 2.71. The van der Waals surface area contributed by atoms with E-state index in [1.54, 1.807) is 6.92 Å². The highest BCUT2D eigenvalue weighted by Gasteiger charge is 2.34. The van der Waals surface area contributed by atoms with Crippen molar-refractivity contribution in [1.29, 1.82) is 0 Å². The minimum absolute atomic E-state index is 0.0950. The van der Waals surface area contributed by atoms with Gasteiger partial charge in [0, 0.05) is 17.4 Å². The third-order valence-electron chi connectivity index (χ3n) is 3.74. The zero-order valence-electron chi connectivity index (χ0n) is 11.9. The fourth-order valence-electron chi connectivity index (χ4n) is 2.11. The highest BCUT2D eigenvalue weighted by Crippen LogP contribution is 2.35. The molecule has 0 aliphatic heterocycles. The van der Waals surface area contributed by atoms with E-state index in [1.165, 1.54) is 6.07 Å². The smallest absolute Gasteiger partial charge is 0.398 e. The number of carbonyl (C=O) groups excluding carboxylic acids is 1. The topological polar surface area (TPSA) is 58.4 Å². The van der Waals surface area contributed by atoms with Crippen molar-refractivity contribution < 1.29 is 18.0 Å². The lowest BCUT2D eigenvalue weighted by molar-refractivity contribution is -0.137. The molecule has 4 nitrogen and oxygen atoms in total. The van der Waals surface area contributed by atoms with Crippen LogP contribution >= 0.6 is 0 Å². The van der Waals surface area contributed by atoms with Crippen molar-refractivity contribution >= 4 is 17.3 Å². The molecule has 1 saturated carbocycles. The third-order valence-corrected chi connectivity index (χ3v) is 3.74. The molecule has 0 radical (unpaired) electrons. The number of hydrogen-bond acceptors (Lipinski definition) is 3. The first-order chi connectivity index (χ1) is 9.70. The molecule has 1 aromatic rings. The van der Waals surface area contributed by atoms with Gasteiger partial charge < -0.3 is 11.1 Å². The molecule has 1 unspecified atom stereocenters. The summed E-state index contributed by atoms with van der Waals surface area (Å²) in [7, 11) is 1.84. The van der Waals surface area contributed by atoms with Gasteiger partial charge in [-0.1, -0.05) is 0 Å². The summed E-state index contributed by atoms with van der Waals surface area (Å²) in [5.74, 6) is -0.331. The highest BCUT2D eigenvalue weighted by atomic mass is 19.4. The Morgan fingerprint density at radius 2 is 2.05 bits per heavy atom. The Morgan fingerprint density at radius 1 is 1.43 bits per heavy atom. The maximum atomic E-state index is 12.8. The molecular formula is C14H18F3N3O. The van der Waals surface area contributed by atoms with Crippen molar-refractivity contribution in [3.05, 3.63) is 23.8 Å². The highest BCUT2D eigenvalue weighted by molar-refractivity contribution is 5.94. The zero-order valence-corrected chi connectivity index (χ0v) is 11.9. The van der Waals surface area contributed by atoms with Gasteiger partial charge in [-0.25, -0.2) is 0 Å². The van der Waals surface area contributed by atoms with Gasteiger partial charge in [-0.15, -0.1) is 0 Å². The average Bonchev–Trinajstić information content (AvgIpc) is 3.22. The van der Waals surface area contributed by atoms with E-state index in [9.17, 15) is 18.0 Å². The van der Waals surface area contributed by atoms with E-state index < -0.39 is 17.8 Å². The Labute approximate surface area is 121 Å². The molecule has 0 saturated heterocycles. The van der Waals surface area contributed by atoms with Crippen LogP contribution in [0.4, 0.5) is 24.5 Å². The summed E-state index contributed by atoms with van der Waals surface area (Å²) in [6.07, 6.45) is -2.44. The van der Waals surface area contributed by atoms with Crippen LogP contribution in [-0.2, 0) is 11.0 Å². The molecule has 1 atom stereocenters. The lowest BCUT2D eigenvalue weighted by Gasteiger charge is -2.23. The van der Waals surface area contributed by atoms with Crippen LogP contribution in [0.15, 0.2) is 18.2 Å². The predicted molar refractivity (Wildman–Crippen MR) is 74.7 cm³/mol. The monoisotopic (exact) mass is 301 g/mol. The molecule has 1 aliphatic carbocycles. The Morgan fingerprint density at radius 3 is 2.57 bits per heavy atom. The van der Waals surface area contributed by atoms with Crippen LogP contribution in [0.25, 0.3) is 0 Å². The van der Waals surface area contributed by atoms with Crippen molar-refractivity contribution in [1.82, 2.24) is 4.90 Å².